The highest BCUT2D eigenvalue weighted by molar-refractivity contribution is 9.10. The summed E-state index contributed by atoms with van der Waals surface area (Å²) in [6, 6.07) is 1.02. The van der Waals surface area contributed by atoms with Crippen molar-refractivity contribution in [2.75, 3.05) is 7.11 Å². The molecule has 1 aromatic carbocycles. The molecule has 0 amide bonds. The average molecular weight is 255 g/mol. The van der Waals surface area contributed by atoms with Gasteiger partial charge in [0, 0.05) is 6.07 Å². The van der Waals surface area contributed by atoms with Gasteiger partial charge in [-0.1, -0.05) is 11.6 Å². The van der Waals surface area contributed by atoms with E-state index < -0.39 is 11.6 Å². The van der Waals surface area contributed by atoms with Crippen LogP contribution in [0.1, 0.15) is 0 Å². The minimum absolute atomic E-state index is 0.0982. The van der Waals surface area contributed by atoms with Crippen molar-refractivity contribution in [3.8, 4) is 11.5 Å². The summed E-state index contributed by atoms with van der Waals surface area (Å²) in [7, 11) is 1.37. The van der Waals surface area contributed by atoms with E-state index in [1.165, 1.54) is 7.11 Å². The zero-order valence-corrected chi connectivity index (χ0v) is 8.41. The molecule has 1 aromatic rings. The Morgan fingerprint density at radius 3 is 2.75 bits per heavy atom. The predicted octanol–water partition coefficient (Wildman–Crippen LogP) is 2.96. The minimum atomic E-state index is -0.775. The summed E-state index contributed by atoms with van der Waals surface area (Å²) in [6.07, 6.45) is 0. The number of ether oxygens (including phenoxy) is 1. The molecule has 12 heavy (non-hydrogen) atoms. The van der Waals surface area contributed by atoms with Crippen LogP contribution in [0, 0.1) is 5.82 Å². The second-order valence-electron chi connectivity index (χ2n) is 2.04. The van der Waals surface area contributed by atoms with Gasteiger partial charge in [-0.05, 0) is 15.9 Å². The average Bonchev–Trinajstić information content (AvgIpc) is 2.08. The molecule has 1 rings (SSSR count). The van der Waals surface area contributed by atoms with Gasteiger partial charge >= 0.3 is 0 Å². The fourth-order valence-corrected chi connectivity index (χ4v) is 1.32. The van der Waals surface area contributed by atoms with Crippen LogP contribution in [0.3, 0.4) is 0 Å². The number of rotatable bonds is 1. The SMILES string of the molecule is COc1cc(F)c(O)c(Br)c1Cl. The molecule has 0 spiro atoms. The van der Waals surface area contributed by atoms with Crippen molar-refractivity contribution in [3.63, 3.8) is 0 Å². The molecule has 0 bridgehead atoms. The summed E-state index contributed by atoms with van der Waals surface area (Å²) < 4.78 is 17.6. The number of phenols is 1. The number of hydrogen-bond donors (Lipinski definition) is 1. The van der Waals surface area contributed by atoms with Crippen molar-refractivity contribution in [3.05, 3.63) is 21.4 Å². The molecule has 0 unspecified atom stereocenters. The lowest BCUT2D eigenvalue weighted by atomic mass is 10.3. The topological polar surface area (TPSA) is 29.5 Å². The summed E-state index contributed by atoms with van der Waals surface area (Å²) in [4.78, 5) is 0. The molecule has 0 radical (unpaired) electrons. The lowest BCUT2D eigenvalue weighted by Crippen LogP contribution is -1.87. The Kier molecular flexibility index (Phi) is 2.80. The van der Waals surface area contributed by atoms with Crippen LogP contribution in [-0.4, -0.2) is 12.2 Å². The number of methoxy groups -OCH3 is 1. The molecule has 2 nitrogen and oxygen atoms in total. The highest BCUT2D eigenvalue weighted by Gasteiger charge is 2.14. The van der Waals surface area contributed by atoms with Crippen LogP contribution < -0.4 is 4.74 Å². The van der Waals surface area contributed by atoms with Crippen molar-refractivity contribution >= 4 is 27.5 Å². The first-order valence-electron chi connectivity index (χ1n) is 2.98. The summed E-state index contributed by atoms with van der Waals surface area (Å²) in [5.74, 6) is -1.11. The van der Waals surface area contributed by atoms with Crippen molar-refractivity contribution in [2.24, 2.45) is 0 Å². The van der Waals surface area contributed by atoms with E-state index in [-0.39, 0.29) is 15.2 Å². The van der Waals surface area contributed by atoms with E-state index in [0.717, 1.165) is 6.07 Å². The Morgan fingerprint density at radius 2 is 2.25 bits per heavy atom. The summed E-state index contributed by atoms with van der Waals surface area (Å²) in [6.45, 7) is 0. The molecule has 0 saturated heterocycles. The van der Waals surface area contributed by atoms with E-state index in [2.05, 4.69) is 15.9 Å². The lowest BCUT2D eigenvalue weighted by Gasteiger charge is -2.06. The molecule has 5 heteroatoms. The van der Waals surface area contributed by atoms with Gasteiger partial charge in [-0.3, -0.25) is 0 Å². The zero-order valence-electron chi connectivity index (χ0n) is 6.07. The van der Waals surface area contributed by atoms with Gasteiger partial charge in [-0.2, -0.15) is 0 Å². The Bertz CT molecular complexity index is 317. The maximum Gasteiger partial charge on any atom is 0.169 e. The van der Waals surface area contributed by atoms with E-state index in [1.807, 2.05) is 0 Å². The van der Waals surface area contributed by atoms with Crippen LogP contribution in [0.2, 0.25) is 5.02 Å². The first-order valence-corrected chi connectivity index (χ1v) is 4.15. The fraction of sp³-hybridized carbons (Fsp3) is 0.143. The number of phenolic OH excluding ortho intramolecular Hbond substituents is 1. The Morgan fingerprint density at radius 1 is 1.67 bits per heavy atom. The van der Waals surface area contributed by atoms with Gasteiger partial charge in [0.2, 0.25) is 0 Å². The molecular weight excluding hydrogens is 250 g/mol. The van der Waals surface area contributed by atoms with E-state index in [0.29, 0.717) is 0 Å². The molecule has 0 saturated carbocycles. The number of aromatic hydroxyl groups is 1. The van der Waals surface area contributed by atoms with Crippen molar-refractivity contribution in [1.29, 1.82) is 0 Å². The third-order valence-electron chi connectivity index (χ3n) is 1.32. The largest absolute Gasteiger partial charge is 0.504 e. The minimum Gasteiger partial charge on any atom is -0.504 e. The molecule has 0 aliphatic rings. The van der Waals surface area contributed by atoms with Gasteiger partial charge in [-0.15, -0.1) is 0 Å². The molecular formula is C7H5BrClFO2. The fourth-order valence-electron chi connectivity index (χ4n) is 0.712. The third kappa shape index (κ3) is 1.49. The van der Waals surface area contributed by atoms with Crippen LogP contribution in [0.5, 0.6) is 11.5 Å². The third-order valence-corrected chi connectivity index (χ3v) is 2.70. The van der Waals surface area contributed by atoms with E-state index in [4.69, 9.17) is 21.4 Å². The van der Waals surface area contributed by atoms with Crippen molar-refractivity contribution < 1.29 is 14.2 Å². The Hall–Kier alpha value is -0.480. The first-order chi connectivity index (χ1) is 5.57. The maximum absolute atomic E-state index is 12.8. The zero-order chi connectivity index (χ0) is 9.30. The van der Waals surface area contributed by atoms with Crippen LogP contribution in [0.25, 0.3) is 0 Å². The summed E-state index contributed by atoms with van der Waals surface area (Å²) >= 11 is 8.59. The molecule has 0 atom stereocenters. The molecule has 0 aliphatic carbocycles. The van der Waals surface area contributed by atoms with E-state index >= 15 is 0 Å². The second kappa shape index (κ2) is 3.49. The van der Waals surface area contributed by atoms with Crippen LogP contribution in [0.4, 0.5) is 4.39 Å². The Labute approximate surface area is 82.0 Å². The quantitative estimate of drug-likeness (QED) is 0.782. The summed E-state index contributed by atoms with van der Waals surface area (Å²) in [5, 5.41) is 9.19. The van der Waals surface area contributed by atoms with Crippen LogP contribution >= 0.6 is 27.5 Å². The number of hydrogen-bond acceptors (Lipinski definition) is 2. The van der Waals surface area contributed by atoms with Gasteiger partial charge in [0.1, 0.15) is 10.8 Å². The second-order valence-corrected chi connectivity index (χ2v) is 3.21. The van der Waals surface area contributed by atoms with Gasteiger partial charge in [0.15, 0.2) is 11.6 Å². The predicted molar refractivity (Wildman–Crippen MR) is 47.3 cm³/mol. The molecule has 0 aliphatic heterocycles. The monoisotopic (exact) mass is 254 g/mol. The van der Waals surface area contributed by atoms with E-state index in [1.54, 1.807) is 0 Å². The van der Waals surface area contributed by atoms with Gasteiger partial charge in [0.05, 0.1) is 11.6 Å². The highest BCUT2D eigenvalue weighted by Crippen LogP contribution is 2.40. The molecule has 0 heterocycles. The maximum atomic E-state index is 12.8. The first kappa shape index (κ1) is 9.61. The Balaban J connectivity index is 3.39. The number of halogens is 3. The number of benzene rings is 1. The van der Waals surface area contributed by atoms with E-state index in [9.17, 15) is 4.39 Å². The van der Waals surface area contributed by atoms with Gasteiger partial charge < -0.3 is 9.84 Å². The van der Waals surface area contributed by atoms with Gasteiger partial charge in [0.25, 0.3) is 0 Å². The van der Waals surface area contributed by atoms with Crippen molar-refractivity contribution in [2.45, 2.75) is 0 Å². The van der Waals surface area contributed by atoms with Crippen LogP contribution in [0.15, 0.2) is 10.5 Å². The highest BCUT2D eigenvalue weighted by atomic mass is 79.9. The molecule has 0 aromatic heterocycles. The molecule has 0 fully saturated rings. The summed E-state index contributed by atoms with van der Waals surface area (Å²) in [5.41, 5.74) is 0. The normalized spacial score (nSPS) is 10.0. The lowest BCUT2D eigenvalue weighted by molar-refractivity contribution is 0.397. The van der Waals surface area contributed by atoms with Gasteiger partial charge in [-0.25, -0.2) is 4.39 Å². The molecule has 1 N–H and O–H groups in total. The standard InChI is InChI=1S/C7H5BrClFO2/c1-12-4-2-3(10)7(11)5(8)6(4)9/h2,11H,1H3. The van der Waals surface area contributed by atoms with Crippen LogP contribution in [-0.2, 0) is 0 Å². The smallest absolute Gasteiger partial charge is 0.169 e. The van der Waals surface area contributed by atoms with Crippen molar-refractivity contribution in [1.82, 2.24) is 0 Å². The molecule has 66 valence electrons.